The van der Waals surface area contributed by atoms with E-state index < -0.39 is 0 Å². The zero-order valence-corrected chi connectivity index (χ0v) is 8.71. The van der Waals surface area contributed by atoms with E-state index in [-0.39, 0.29) is 0 Å². The van der Waals surface area contributed by atoms with Gasteiger partial charge in [-0.05, 0) is 54.3 Å². The maximum atomic E-state index is 9.60. The Balaban J connectivity index is 1.98. The van der Waals surface area contributed by atoms with E-state index in [2.05, 4.69) is 13.8 Å². The summed E-state index contributed by atoms with van der Waals surface area (Å²) in [5, 5.41) is 9.60. The Kier molecular flexibility index (Phi) is 1.36. The molecule has 74 valence electrons. The lowest BCUT2D eigenvalue weighted by atomic mass is 9.61. The van der Waals surface area contributed by atoms with E-state index in [9.17, 15) is 5.11 Å². The van der Waals surface area contributed by atoms with Crippen molar-refractivity contribution in [3.05, 3.63) is 0 Å². The first-order chi connectivity index (χ1) is 6.12. The average Bonchev–Trinajstić information content (AvgIpc) is 2.76. The Bertz CT molecular complexity index is 236. The highest BCUT2D eigenvalue weighted by Crippen LogP contribution is 2.77. The summed E-state index contributed by atoms with van der Waals surface area (Å²) in [6, 6.07) is 0. The predicted molar refractivity (Wildman–Crippen MR) is 52.2 cm³/mol. The van der Waals surface area contributed by atoms with Crippen molar-refractivity contribution in [3.8, 4) is 0 Å². The molecule has 1 heteroatoms. The fourth-order valence-corrected chi connectivity index (χ4v) is 4.87. The van der Waals surface area contributed by atoms with Gasteiger partial charge in [-0.3, -0.25) is 0 Å². The lowest BCUT2D eigenvalue weighted by Crippen LogP contribution is -2.39. The zero-order valence-electron chi connectivity index (χ0n) is 8.71. The third-order valence-electron chi connectivity index (χ3n) is 5.42. The van der Waals surface area contributed by atoms with E-state index in [1.165, 1.54) is 25.7 Å². The standard InChI is InChI=1S/C12H20O/c1-11(2)9-8-3-5-12(7-13,6-4-8)10(9)11/h8-10,13H,3-7H2,1-2H3. The highest BCUT2D eigenvalue weighted by Gasteiger charge is 2.72. The lowest BCUT2D eigenvalue weighted by Gasteiger charge is -2.45. The van der Waals surface area contributed by atoms with E-state index >= 15 is 0 Å². The smallest absolute Gasteiger partial charge is 0.0490 e. The molecule has 0 aromatic heterocycles. The molecule has 0 radical (unpaired) electrons. The predicted octanol–water partition coefficient (Wildman–Crippen LogP) is 2.44. The van der Waals surface area contributed by atoms with Crippen molar-refractivity contribution in [2.24, 2.45) is 28.6 Å². The third-order valence-corrected chi connectivity index (χ3v) is 5.42. The van der Waals surface area contributed by atoms with Crippen molar-refractivity contribution in [3.63, 3.8) is 0 Å². The van der Waals surface area contributed by atoms with Gasteiger partial charge in [0.2, 0.25) is 0 Å². The van der Waals surface area contributed by atoms with Crippen molar-refractivity contribution in [1.29, 1.82) is 0 Å². The molecular formula is C12H20O. The first-order valence-electron chi connectivity index (χ1n) is 5.73. The molecule has 1 nitrogen and oxygen atoms in total. The molecule has 4 aliphatic rings. The molecule has 0 amide bonds. The van der Waals surface area contributed by atoms with Crippen LogP contribution in [0.4, 0.5) is 0 Å². The van der Waals surface area contributed by atoms with Gasteiger partial charge in [-0.25, -0.2) is 0 Å². The molecule has 4 saturated carbocycles. The zero-order chi connectivity index (χ0) is 9.27. The molecule has 0 spiro atoms. The van der Waals surface area contributed by atoms with Gasteiger partial charge in [0, 0.05) is 6.61 Å². The Morgan fingerprint density at radius 3 is 2.31 bits per heavy atom. The molecule has 2 atom stereocenters. The van der Waals surface area contributed by atoms with Crippen LogP contribution >= 0.6 is 0 Å². The second kappa shape index (κ2) is 2.13. The largest absolute Gasteiger partial charge is 0.396 e. The summed E-state index contributed by atoms with van der Waals surface area (Å²) in [4.78, 5) is 0. The number of hydrogen-bond acceptors (Lipinski definition) is 1. The minimum Gasteiger partial charge on any atom is -0.396 e. The van der Waals surface area contributed by atoms with Crippen LogP contribution in [0.2, 0.25) is 0 Å². The van der Waals surface area contributed by atoms with Crippen LogP contribution in [-0.2, 0) is 0 Å². The van der Waals surface area contributed by atoms with Crippen LogP contribution in [0.15, 0.2) is 0 Å². The molecule has 0 aliphatic heterocycles. The van der Waals surface area contributed by atoms with Crippen LogP contribution in [0.25, 0.3) is 0 Å². The molecule has 0 aromatic rings. The van der Waals surface area contributed by atoms with E-state index in [0.717, 1.165) is 17.8 Å². The molecule has 2 unspecified atom stereocenters. The summed E-state index contributed by atoms with van der Waals surface area (Å²) in [5.74, 6) is 2.83. The Hall–Kier alpha value is -0.0400. The molecule has 4 aliphatic carbocycles. The highest BCUT2D eigenvalue weighted by atomic mass is 16.3. The maximum absolute atomic E-state index is 9.60. The van der Waals surface area contributed by atoms with Gasteiger partial charge in [0.1, 0.15) is 0 Å². The Labute approximate surface area is 80.5 Å². The molecule has 1 N–H and O–H groups in total. The van der Waals surface area contributed by atoms with E-state index in [1.807, 2.05) is 0 Å². The molecule has 0 aromatic carbocycles. The van der Waals surface area contributed by atoms with Crippen molar-refractivity contribution in [1.82, 2.24) is 0 Å². The van der Waals surface area contributed by atoms with Crippen LogP contribution in [0.1, 0.15) is 39.5 Å². The van der Waals surface area contributed by atoms with Crippen LogP contribution in [-0.4, -0.2) is 11.7 Å². The summed E-state index contributed by atoms with van der Waals surface area (Å²) in [7, 11) is 0. The highest BCUT2D eigenvalue weighted by molar-refractivity contribution is 5.20. The van der Waals surface area contributed by atoms with Gasteiger partial charge in [0.15, 0.2) is 0 Å². The van der Waals surface area contributed by atoms with E-state index in [0.29, 0.717) is 17.4 Å². The summed E-state index contributed by atoms with van der Waals surface area (Å²) in [6.07, 6.45) is 5.40. The number of aliphatic hydroxyl groups excluding tert-OH is 1. The maximum Gasteiger partial charge on any atom is 0.0490 e. The fraction of sp³-hybridized carbons (Fsp3) is 1.00. The summed E-state index contributed by atoms with van der Waals surface area (Å²) in [5.41, 5.74) is 0.906. The minimum absolute atomic E-state index is 0.350. The molecular weight excluding hydrogens is 160 g/mol. The number of fused-ring (bicyclic) bond motifs is 2. The molecule has 4 fully saturated rings. The topological polar surface area (TPSA) is 20.2 Å². The Morgan fingerprint density at radius 1 is 1.23 bits per heavy atom. The third kappa shape index (κ3) is 0.782. The fourth-order valence-electron chi connectivity index (χ4n) is 4.87. The van der Waals surface area contributed by atoms with Crippen LogP contribution < -0.4 is 0 Å². The second-order valence-electron chi connectivity index (χ2n) is 6.18. The lowest BCUT2D eigenvalue weighted by molar-refractivity contribution is -0.00399. The van der Waals surface area contributed by atoms with Crippen LogP contribution in [0.5, 0.6) is 0 Å². The van der Waals surface area contributed by atoms with Gasteiger partial charge in [0.25, 0.3) is 0 Å². The van der Waals surface area contributed by atoms with Crippen molar-refractivity contribution in [2.75, 3.05) is 6.61 Å². The first kappa shape index (κ1) is 8.28. The summed E-state index contributed by atoms with van der Waals surface area (Å²) >= 11 is 0. The van der Waals surface area contributed by atoms with Crippen molar-refractivity contribution < 1.29 is 5.11 Å². The van der Waals surface area contributed by atoms with E-state index in [1.54, 1.807) is 0 Å². The Morgan fingerprint density at radius 2 is 1.85 bits per heavy atom. The van der Waals surface area contributed by atoms with Gasteiger partial charge >= 0.3 is 0 Å². The minimum atomic E-state index is 0.350. The van der Waals surface area contributed by atoms with Crippen molar-refractivity contribution in [2.45, 2.75) is 39.5 Å². The van der Waals surface area contributed by atoms with Crippen molar-refractivity contribution >= 4 is 0 Å². The first-order valence-corrected chi connectivity index (χ1v) is 5.73. The SMILES string of the molecule is CC1(C)C2C3CCC(CO)(CC3)C21. The molecule has 13 heavy (non-hydrogen) atoms. The molecule has 2 bridgehead atoms. The number of aliphatic hydroxyl groups is 1. The number of rotatable bonds is 1. The number of hydrogen-bond donors (Lipinski definition) is 1. The van der Waals surface area contributed by atoms with E-state index in [4.69, 9.17) is 0 Å². The van der Waals surface area contributed by atoms with Gasteiger partial charge in [0.05, 0.1) is 0 Å². The summed E-state index contributed by atoms with van der Waals surface area (Å²) < 4.78 is 0. The van der Waals surface area contributed by atoms with Gasteiger partial charge in [-0.1, -0.05) is 13.8 Å². The average molecular weight is 180 g/mol. The van der Waals surface area contributed by atoms with Crippen LogP contribution in [0.3, 0.4) is 0 Å². The molecule has 0 heterocycles. The van der Waals surface area contributed by atoms with Gasteiger partial charge in [-0.15, -0.1) is 0 Å². The second-order valence-corrected chi connectivity index (χ2v) is 6.18. The molecule has 4 rings (SSSR count). The normalized spacial score (nSPS) is 56.1. The summed E-state index contributed by atoms with van der Waals surface area (Å²) in [6.45, 7) is 5.27. The van der Waals surface area contributed by atoms with Crippen LogP contribution in [0, 0.1) is 28.6 Å². The van der Waals surface area contributed by atoms with Gasteiger partial charge < -0.3 is 5.11 Å². The quantitative estimate of drug-likeness (QED) is 0.657. The monoisotopic (exact) mass is 180 g/mol. The van der Waals surface area contributed by atoms with Gasteiger partial charge in [-0.2, -0.15) is 0 Å². The molecule has 0 saturated heterocycles.